The second-order valence-corrected chi connectivity index (χ2v) is 3.84. The van der Waals surface area contributed by atoms with Gasteiger partial charge in [-0.05, 0) is 18.6 Å². The Morgan fingerprint density at radius 2 is 2.00 bits per heavy atom. The number of aryl methyl sites for hydroxylation is 1. The molecule has 82 valence electrons. The van der Waals surface area contributed by atoms with Crippen LogP contribution in [0.4, 0.5) is 5.69 Å². The van der Waals surface area contributed by atoms with E-state index in [1.165, 1.54) is 14.0 Å². The number of amides is 1. The van der Waals surface area contributed by atoms with Crippen molar-refractivity contribution in [2.75, 3.05) is 12.4 Å². The first-order chi connectivity index (χ1) is 6.97. The van der Waals surface area contributed by atoms with E-state index < -0.39 is 0 Å². The zero-order valence-corrected chi connectivity index (χ0v) is 10.2. The first kappa shape index (κ1) is 12.1. The van der Waals surface area contributed by atoms with E-state index >= 15 is 0 Å². The smallest absolute Gasteiger partial charge is 0.221 e. The first-order valence-corrected chi connectivity index (χ1v) is 5.03. The molecule has 0 bridgehead atoms. The van der Waals surface area contributed by atoms with Gasteiger partial charge in [0.15, 0.2) is 0 Å². The van der Waals surface area contributed by atoms with Crippen molar-refractivity contribution in [2.45, 2.75) is 13.8 Å². The highest BCUT2D eigenvalue weighted by atomic mass is 35.5. The van der Waals surface area contributed by atoms with Gasteiger partial charge in [0, 0.05) is 6.92 Å². The van der Waals surface area contributed by atoms with Crippen LogP contribution in [0.25, 0.3) is 0 Å². The van der Waals surface area contributed by atoms with E-state index in [9.17, 15) is 4.79 Å². The summed E-state index contributed by atoms with van der Waals surface area (Å²) in [5.74, 6) is 0.258. The number of hydrogen-bond donors (Lipinski definition) is 1. The van der Waals surface area contributed by atoms with E-state index in [0.29, 0.717) is 21.5 Å². The van der Waals surface area contributed by atoms with Gasteiger partial charge in [-0.25, -0.2) is 0 Å². The number of benzene rings is 1. The lowest BCUT2D eigenvalue weighted by Gasteiger charge is -2.13. The number of nitrogens with one attached hydrogen (secondary N) is 1. The summed E-state index contributed by atoms with van der Waals surface area (Å²) in [6.07, 6.45) is 0. The minimum absolute atomic E-state index is 0.230. The highest BCUT2D eigenvalue weighted by molar-refractivity contribution is 6.41. The highest BCUT2D eigenvalue weighted by Gasteiger charge is 2.14. The summed E-state index contributed by atoms with van der Waals surface area (Å²) < 4.78 is 5.06. The molecule has 5 heteroatoms. The van der Waals surface area contributed by atoms with Gasteiger partial charge in [-0.15, -0.1) is 0 Å². The molecule has 1 aromatic rings. The van der Waals surface area contributed by atoms with E-state index in [0.717, 1.165) is 5.56 Å². The van der Waals surface area contributed by atoms with Gasteiger partial charge in [0.25, 0.3) is 0 Å². The molecule has 0 unspecified atom stereocenters. The van der Waals surface area contributed by atoms with Crippen LogP contribution in [-0.4, -0.2) is 13.0 Å². The molecule has 0 saturated heterocycles. The SMILES string of the molecule is COc1cc(C)c(Cl)c(NC(C)=O)c1Cl. The third-order valence-electron chi connectivity index (χ3n) is 1.87. The molecule has 15 heavy (non-hydrogen) atoms. The lowest BCUT2D eigenvalue weighted by Crippen LogP contribution is -2.07. The Labute approximate surface area is 98.3 Å². The molecule has 1 aromatic carbocycles. The topological polar surface area (TPSA) is 38.3 Å². The van der Waals surface area contributed by atoms with Crippen LogP contribution in [0.1, 0.15) is 12.5 Å². The van der Waals surface area contributed by atoms with Gasteiger partial charge < -0.3 is 10.1 Å². The number of anilines is 1. The van der Waals surface area contributed by atoms with Crippen LogP contribution in [0.5, 0.6) is 5.75 Å². The predicted molar refractivity (Wildman–Crippen MR) is 62.1 cm³/mol. The number of halogens is 2. The van der Waals surface area contributed by atoms with Crippen molar-refractivity contribution in [3.8, 4) is 5.75 Å². The Hall–Kier alpha value is -0.930. The zero-order valence-electron chi connectivity index (χ0n) is 8.65. The number of carbonyl (C=O) groups excluding carboxylic acids is 1. The fourth-order valence-electron chi connectivity index (χ4n) is 1.17. The fourth-order valence-corrected chi connectivity index (χ4v) is 1.69. The van der Waals surface area contributed by atoms with Gasteiger partial charge in [-0.1, -0.05) is 23.2 Å². The van der Waals surface area contributed by atoms with Crippen LogP contribution in [0.2, 0.25) is 10.0 Å². The number of carbonyl (C=O) groups is 1. The van der Waals surface area contributed by atoms with Crippen molar-refractivity contribution >= 4 is 34.8 Å². The lowest BCUT2D eigenvalue weighted by atomic mass is 10.2. The third kappa shape index (κ3) is 2.55. The van der Waals surface area contributed by atoms with Crippen molar-refractivity contribution < 1.29 is 9.53 Å². The van der Waals surface area contributed by atoms with Crippen LogP contribution in [-0.2, 0) is 4.79 Å². The molecule has 0 aliphatic heterocycles. The molecule has 1 rings (SSSR count). The maximum absolute atomic E-state index is 11.0. The Balaban J connectivity index is 3.33. The molecule has 0 aliphatic rings. The molecular formula is C10H11Cl2NO2. The van der Waals surface area contributed by atoms with E-state index in [2.05, 4.69) is 5.32 Å². The van der Waals surface area contributed by atoms with Crippen LogP contribution < -0.4 is 10.1 Å². The van der Waals surface area contributed by atoms with Crippen LogP contribution in [0.15, 0.2) is 6.07 Å². The number of hydrogen-bond acceptors (Lipinski definition) is 2. The zero-order chi connectivity index (χ0) is 11.6. The molecule has 0 saturated carbocycles. The van der Waals surface area contributed by atoms with Gasteiger partial charge in [-0.3, -0.25) is 4.79 Å². The standard InChI is InChI=1S/C10H11Cl2NO2/c1-5-4-7(15-3)9(12)10(8(5)11)13-6(2)14/h4H,1-3H3,(H,13,14). The van der Waals surface area contributed by atoms with Gasteiger partial charge in [-0.2, -0.15) is 0 Å². The lowest BCUT2D eigenvalue weighted by molar-refractivity contribution is -0.114. The molecular weight excluding hydrogens is 237 g/mol. The first-order valence-electron chi connectivity index (χ1n) is 4.27. The number of methoxy groups -OCH3 is 1. The average Bonchev–Trinajstić information content (AvgIpc) is 2.18. The molecule has 0 atom stereocenters. The molecule has 0 spiro atoms. The summed E-state index contributed by atoms with van der Waals surface area (Å²) in [6, 6.07) is 1.72. The Morgan fingerprint density at radius 1 is 1.40 bits per heavy atom. The highest BCUT2D eigenvalue weighted by Crippen LogP contribution is 2.39. The normalized spacial score (nSPS) is 9.93. The average molecular weight is 248 g/mol. The summed E-state index contributed by atoms with van der Waals surface area (Å²) >= 11 is 12.0. The molecule has 1 N–H and O–H groups in total. The summed E-state index contributed by atoms with van der Waals surface area (Å²) in [5, 5.41) is 3.31. The van der Waals surface area contributed by atoms with Crippen molar-refractivity contribution in [2.24, 2.45) is 0 Å². The Kier molecular flexibility index (Phi) is 3.83. The van der Waals surface area contributed by atoms with Crippen LogP contribution in [0.3, 0.4) is 0 Å². The molecule has 1 amide bonds. The van der Waals surface area contributed by atoms with Gasteiger partial charge in [0.1, 0.15) is 10.8 Å². The molecule has 3 nitrogen and oxygen atoms in total. The Morgan fingerprint density at radius 3 is 2.47 bits per heavy atom. The summed E-state index contributed by atoms with van der Waals surface area (Å²) in [5.41, 5.74) is 1.18. The third-order valence-corrected chi connectivity index (χ3v) is 2.73. The van der Waals surface area contributed by atoms with Crippen molar-refractivity contribution in [1.29, 1.82) is 0 Å². The van der Waals surface area contributed by atoms with E-state index in [-0.39, 0.29) is 5.91 Å². The maximum atomic E-state index is 11.0. The molecule has 0 radical (unpaired) electrons. The summed E-state index contributed by atoms with van der Waals surface area (Å²) in [4.78, 5) is 11.0. The second-order valence-electron chi connectivity index (χ2n) is 3.08. The minimum Gasteiger partial charge on any atom is -0.495 e. The van der Waals surface area contributed by atoms with Crippen molar-refractivity contribution in [3.05, 3.63) is 21.7 Å². The molecule has 0 fully saturated rings. The minimum atomic E-state index is -0.230. The molecule has 0 aromatic heterocycles. The molecule has 0 heterocycles. The maximum Gasteiger partial charge on any atom is 0.221 e. The van der Waals surface area contributed by atoms with Crippen LogP contribution in [0, 0.1) is 6.92 Å². The van der Waals surface area contributed by atoms with E-state index in [1.807, 2.05) is 6.92 Å². The largest absolute Gasteiger partial charge is 0.495 e. The fraction of sp³-hybridized carbons (Fsp3) is 0.300. The molecule has 0 aliphatic carbocycles. The Bertz CT molecular complexity index is 405. The quantitative estimate of drug-likeness (QED) is 0.872. The summed E-state index contributed by atoms with van der Waals surface area (Å²) in [7, 11) is 1.51. The van der Waals surface area contributed by atoms with E-state index in [4.69, 9.17) is 27.9 Å². The van der Waals surface area contributed by atoms with Crippen LogP contribution >= 0.6 is 23.2 Å². The van der Waals surface area contributed by atoms with Gasteiger partial charge in [0.2, 0.25) is 5.91 Å². The summed E-state index contributed by atoms with van der Waals surface area (Å²) in [6.45, 7) is 3.20. The van der Waals surface area contributed by atoms with Gasteiger partial charge >= 0.3 is 0 Å². The second kappa shape index (κ2) is 4.73. The van der Waals surface area contributed by atoms with Crippen molar-refractivity contribution in [3.63, 3.8) is 0 Å². The number of ether oxygens (including phenoxy) is 1. The number of rotatable bonds is 2. The van der Waals surface area contributed by atoms with Crippen molar-refractivity contribution in [1.82, 2.24) is 0 Å². The van der Waals surface area contributed by atoms with Gasteiger partial charge in [0.05, 0.1) is 17.8 Å². The predicted octanol–water partition coefficient (Wildman–Crippen LogP) is 3.27. The van der Waals surface area contributed by atoms with E-state index in [1.54, 1.807) is 6.07 Å². The monoisotopic (exact) mass is 247 g/mol.